The Morgan fingerprint density at radius 1 is 1.35 bits per heavy atom. The average molecular weight is 286 g/mol. The van der Waals surface area contributed by atoms with Gasteiger partial charge in [0.2, 0.25) is 11.7 Å². The van der Waals surface area contributed by atoms with Crippen LogP contribution in [0.2, 0.25) is 0 Å². The highest BCUT2D eigenvalue weighted by Crippen LogP contribution is 2.36. The number of rotatable bonds is 6. The van der Waals surface area contributed by atoms with Crippen LogP contribution in [-0.4, -0.2) is 22.3 Å². The first kappa shape index (κ1) is 15.1. The van der Waals surface area contributed by atoms with E-state index < -0.39 is 18.6 Å². The van der Waals surface area contributed by atoms with Gasteiger partial charge in [0.25, 0.3) is 6.43 Å². The Morgan fingerprint density at radius 3 is 2.65 bits per heavy atom. The van der Waals surface area contributed by atoms with E-state index in [1.165, 1.54) is 12.8 Å². The molecule has 1 heterocycles. The molecule has 0 spiro atoms. The number of halogens is 2. The number of nitrogens with zero attached hydrogens (tertiary/aromatic N) is 2. The molecule has 112 valence electrons. The van der Waals surface area contributed by atoms with Gasteiger partial charge >= 0.3 is 0 Å². The minimum Gasteiger partial charge on any atom is -0.339 e. The number of alkyl halides is 2. The number of Topliss-reactive ketones (excluding diaryl/α,β-unsaturated/α-hetero) is 1. The van der Waals surface area contributed by atoms with E-state index in [4.69, 9.17) is 4.52 Å². The van der Waals surface area contributed by atoms with Crippen LogP contribution in [-0.2, 0) is 11.2 Å². The molecule has 0 radical (unpaired) electrons. The van der Waals surface area contributed by atoms with E-state index >= 15 is 0 Å². The lowest BCUT2D eigenvalue weighted by molar-refractivity contribution is -0.129. The van der Waals surface area contributed by atoms with Crippen molar-refractivity contribution in [2.45, 2.75) is 64.2 Å². The Hall–Kier alpha value is -1.33. The van der Waals surface area contributed by atoms with Gasteiger partial charge in [0, 0.05) is 5.92 Å². The third kappa shape index (κ3) is 3.84. The van der Waals surface area contributed by atoms with Crippen LogP contribution >= 0.6 is 0 Å². The molecule has 1 aliphatic rings. The van der Waals surface area contributed by atoms with E-state index in [-0.39, 0.29) is 11.8 Å². The van der Waals surface area contributed by atoms with E-state index in [1.807, 2.05) is 0 Å². The number of hydrogen-bond donors (Lipinski definition) is 0. The molecule has 1 saturated carbocycles. The maximum atomic E-state index is 12.2. The van der Waals surface area contributed by atoms with Crippen LogP contribution in [0.5, 0.6) is 0 Å². The Balaban J connectivity index is 1.88. The smallest absolute Gasteiger partial charge is 0.296 e. The minimum absolute atomic E-state index is 0.000909. The summed E-state index contributed by atoms with van der Waals surface area (Å²) in [6.45, 7) is 2.19. The van der Waals surface area contributed by atoms with Crippen molar-refractivity contribution in [3.05, 3.63) is 11.7 Å². The largest absolute Gasteiger partial charge is 0.339 e. The summed E-state index contributed by atoms with van der Waals surface area (Å²) in [7, 11) is 0. The van der Waals surface area contributed by atoms with Crippen LogP contribution < -0.4 is 0 Å². The molecule has 0 atom stereocenters. The Kier molecular flexibility index (Phi) is 5.20. The van der Waals surface area contributed by atoms with Crippen LogP contribution in [0, 0.1) is 5.92 Å². The normalized spacial score (nSPS) is 23.2. The first-order valence-electron chi connectivity index (χ1n) is 7.23. The lowest BCUT2D eigenvalue weighted by Crippen LogP contribution is -2.15. The Labute approximate surface area is 116 Å². The fourth-order valence-corrected chi connectivity index (χ4v) is 2.85. The van der Waals surface area contributed by atoms with Crippen LogP contribution in [0.15, 0.2) is 4.52 Å². The summed E-state index contributed by atoms with van der Waals surface area (Å²) in [5, 5.41) is 3.84. The standard InChI is InChI=1S/C14H20F2N2O2/c1-2-3-9-4-6-10(7-5-9)14-17-12(20-18-14)8-11(19)13(15)16/h9-10,13H,2-8H2,1H3. The first-order chi connectivity index (χ1) is 9.60. The molecule has 20 heavy (non-hydrogen) atoms. The molecule has 0 aromatic carbocycles. The van der Waals surface area contributed by atoms with Gasteiger partial charge < -0.3 is 4.52 Å². The minimum atomic E-state index is -2.98. The van der Waals surface area contributed by atoms with Crippen LogP contribution in [0.4, 0.5) is 8.78 Å². The van der Waals surface area contributed by atoms with Crippen LogP contribution in [0.3, 0.4) is 0 Å². The molecule has 1 fully saturated rings. The number of carbonyl (C=O) groups excluding carboxylic acids is 1. The van der Waals surface area contributed by atoms with Crippen molar-refractivity contribution < 1.29 is 18.1 Å². The number of aromatic nitrogens is 2. The quantitative estimate of drug-likeness (QED) is 0.803. The molecule has 0 unspecified atom stereocenters. The Morgan fingerprint density at radius 2 is 2.05 bits per heavy atom. The molecule has 0 amide bonds. The lowest BCUT2D eigenvalue weighted by Gasteiger charge is -2.26. The predicted octanol–water partition coefficient (Wildman–Crippen LogP) is 3.52. The van der Waals surface area contributed by atoms with E-state index in [9.17, 15) is 13.6 Å². The highest BCUT2D eigenvalue weighted by atomic mass is 19.3. The molecule has 1 aliphatic carbocycles. The van der Waals surface area contributed by atoms with E-state index in [2.05, 4.69) is 17.1 Å². The van der Waals surface area contributed by atoms with Gasteiger partial charge in [0.1, 0.15) is 0 Å². The summed E-state index contributed by atoms with van der Waals surface area (Å²) in [6, 6.07) is 0. The molecule has 0 N–H and O–H groups in total. The van der Waals surface area contributed by atoms with Gasteiger partial charge in [-0.1, -0.05) is 24.9 Å². The molecular weight excluding hydrogens is 266 g/mol. The van der Waals surface area contributed by atoms with Crippen LogP contribution in [0.1, 0.15) is 63.1 Å². The van der Waals surface area contributed by atoms with E-state index in [1.54, 1.807) is 0 Å². The molecule has 1 aromatic heterocycles. The van der Waals surface area contributed by atoms with Gasteiger partial charge in [-0.2, -0.15) is 4.98 Å². The second-order valence-corrected chi connectivity index (χ2v) is 5.50. The van der Waals surface area contributed by atoms with Crippen molar-refractivity contribution in [3.8, 4) is 0 Å². The van der Waals surface area contributed by atoms with Crippen LogP contribution in [0.25, 0.3) is 0 Å². The van der Waals surface area contributed by atoms with Gasteiger partial charge in [0.15, 0.2) is 5.82 Å². The Bertz CT molecular complexity index is 440. The zero-order valence-corrected chi connectivity index (χ0v) is 11.6. The van der Waals surface area contributed by atoms with Crippen molar-refractivity contribution in [1.29, 1.82) is 0 Å². The zero-order chi connectivity index (χ0) is 14.5. The molecule has 4 nitrogen and oxygen atoms in total. The van der Waals surface area contributed by atoms with Gasteiger partial charge in [-0.15, -0.1) is 0 Å². The maximum absolute atomic E-state index is 12.2. The van der Waals surface area contributed by atoms with Gasteiger partial charge in [0.05, 0.1) is 6.42 Å². The summed E-state index contributed by atoms with van der Waals surface area (Å²) in [6.07, 6.45) is 3.32. The van der Waals surface area contributed by atoms with Crippen molar-refractivity contribution in [2.24, 2.45) is 5.92 Å². The number of carbonyl (C=O) groups is 1. The van der Waals surface area contributed by atoms with E-state index in [0.29, 0.717) is 5.82 Å². The number of hydrogen-bond acceptors (Lipinski definition) is 4. The van der Waals surface area contributed by atoms with Crippen molar-refractivity contribution in [1.82, 2.24) is 10.1 Å². The summed E-state index contributed by atoms with van der Waals surface area (Å²) >= 11 is 0. The first-order valence-corrected chi connectivity index (χ1v) is 7.23. The summed E-state index contributed by atoms with van der Waals surface area (Å²) in [5.74, 6) is 0.412. The molecule has 6 heteroatoms. The molecule has 0 bridgehead atoms. The highest BCUT2D eigenvalue weighted by molar-refractivity contribution is 5.82. The van der Waals surface area contributed by atoms with Crippen molar-refractivity contribution in [2.75, 3.05) is 0 Å². The van der Waals surface area contributed by atoms with E-state index in [0.717, 1.165) is 31.6 Å². The van der Waals surface area contributed by atoms with Gasteiger partial charge in [-0.3, -0.25) is 4.79 Å². The second kappa shape index (κ2) is 6.90. The monoisotopic (exact) mass is 286 g/mol. The summed E-state index contributed by atoms with van der Waals surface area (Å²) < 4.78 is 29.2. The molecule has 0 aliphatic heterocycles. The predicted molar refractivity (Wildman–Crippen MR) is 68.6 cm³/mol. The topological polar surface area (TPSA) is 56.0 Å². The molecule has 0 saturated heterocycles. The van der Waals surface area contributed by atoms with Crippen molar-refractivity contribution >= 4 is 5.78 Å². The zero-order valence-electron chi connectivity index (χ0n) is 11.6. The SMILES string of the molecule is CCCC1CCC(c2noc(CC(=O)C(F)F)n2)CC1. The highest BCUT2D eigenvalue weighted by Gasteiger charge is 2.26. The average Bonchev–Trinajstić information content (AvgIpc) is 2.88. The third-order valence-electron chi connectivity index (χ3n) is 3.96. The summed E-state index contributed by atoms with van der Waals surface area (Å²) in [5.41, 5.74) is 0. The van der Waals surface area contributed by atoms with Gasteiger partial charge in [-0.25, -0.2) is 8.78 Å². The van der Waals surface area contributed by atoms with Gasteiger partial charge in [-0.05, 0) is 31.6 Å². The summed E-state index contributed by atoms with van der Waals surface area (Å²) in [4.78, 5) is 15.0. The lowest BCUT2D eigenvalue weighted by atomic mass is 9.80. The fraction of sp³-hybridized carbons (Fsp3) is 0.786. The second-order valence-electron chi connectivity index (χ2n) is 5.50. The maximum Gasteiger partial charge on any atom is 0.296 e. The molecular formula is C14H20F2N2O2. The third-order valence-corrected chi connectivity index (χ3v) is 3.96. The molecule has 1 aromatic rings. The fourth-order valence-electron chi connectivity index (χ4n) is 2.85. The number of ketones is 1. The molecule has 2 rings (SSSR count). The van der Waals surface area contributed by atoms with Crippen molar-refractivity contribution in [3.63, 3.8) is 0 Å².